The van der Waals surface area contributed by atoms with Gasteiger partial charge in [-0.25, -0.2) is 0 Å². The zero-order chi connectivity index (χ0) is 9.68. The largest absolute Gasteiger partial charge is 0.295 e. The van der Waals surface area contributed by atoms with Crippen LogP contribution in [0.1, 0.15) is 46.0 Å². The summed E-state index contributed by atoms with van der Waals surface area (Å²) in [5, 5.41) is 0. The highest BCUT2D eigenvalue weighted by Gasteiger charge is 2.12. The molecule has 0 N–H and O–H groups in total. The molecule has 0 aromatic rings. The van der Waals surface area contributed by atoms with E-state index >= 15 is 0 Å². The summed E-state index contributed by atoms with van der Waals surface area (Å²) in [6, 6.07) is 0. The van der Waals surface area contributed by atoms with Crippen LogP contribution >= 0.6 is 0 Å². The molecule has 1 aliphatic rings. The number of allylic oxidation sites excluding steroid dienone is 2. The number of carbonyl (C=O) groups is 1. The van der Waals surface area contributed by atoms with Crippen LogP contribution in [0.25, 0.3) is 0 Å². The quantitative estimate of drug-likeness (QED) is 0.648. The van der Waals surface area contributed by atoms with Crippen LogP contribution in [0.5, 0.6) is 0 Å². The van der Waals surface area contributed by atoms with Gasteiger partial charge in [0.2, 0.25) is 0 Å². The second-order valence-corrected chi connectivity index (χ2v) is 4.45. The minimum absolute atomic E-state index is 0.306. The predicted octanol–water partition coefficient (Wildman–Crippen LogP) is 3.35. The van der Waals surface area contributed by atoms with E-state index in [0.717, 1.165) is 18.8 Å². The van der Waals surface area contributed by atoms with Gasteiger partial charge in [-0.05, 0) is 30.8 Å². The van der Waals surface area contributed by atoms with E-state index in [1.807, 2.05) is 0 Å². The Hall–Kier alpha value is -0.590. The zero-order valence-electron chi connectivity index (χ0n) is 8.75. The SMILES string of the molecule is CC(C)CCCC1C=CC(=O)CC1. The number of carbonyl (C=O) groups excluding carboxylic acids is 1. The maximum absolute atomic E-state index is 10.9. The Balaban J connectivity index is 2.16. The summed E-state index contributed by atoms with van der Waals surface area (Å²) in [5.41, 5.74) is 0. The molecule has 0 fully saturated rings. The van der Waals surface area contributed by atoms with E-state index in [1.54, 1.807) is 6.08 Å². The Morgan fingerprint density at radius 3 is 2.85 bits per heavy atom. The summed E-state index contributed by atoms with van der Waals surface area (Å²) in [4.78, 5) is 10.9. The van der Waals surface area contributed by atoms with Gasteiger partial charge in [0, 0.05) is 6.42 Å². The molecule has 0 amide bonds. The molecule has 1 atom stereocenters. The Labute approximate surface area is 81.2 Å². The third kappa shape index (κ3) is 4.25. The average molecular weight is 180 g/mol. The van der Waals surface area contributed by atoms with E-state index < -0.39 is 0 Å². The molecule has 0 spiro atoms. The van der Waals surface area contributed by atoms with Crippen molar-refractivity contribution in [2.24, 2.45) is 11.8 Å². The van der Waals surface area contributed by atoms with Crippen molar-refractivity contribution in [1.82, 2.24) is 0 Å². The van der Waals surface area contributed by atoms with Crippen LogP contribution in [-0.4, -0.2) is 5.78 Å². The van der Waals surface area contributed by atoms with Crippen molar-refractivity contribution < 1.29 is 4.79 Å². The van der Waals surface area contributed by atoms with Crippen LogP contribution in [0, 0.1) is 11.8 Å². The van der Waals surface area contributed by atoms with Gasteiger partial charge in [-0.1, -0.05) is 32.8 Å². The number of hydrogen-bond donors (Lipinski definition) is 0. The van der Waals surface area contributed by atoms with Crippen LogP contribution in [-0.2, 0) is 4.79 Å². The Morgan fingerprint density at radius 2 is 2.31 bits per heavy atom. The van der Waals surface area contributed by atoms with Gasteiger partial charge in [0.1, 0.15) is 0 Å². The van der Waals surface area contributed by atoms with Crippen LogP contribution in [0.2, 0.25) is 0 Å². The van der Waals surface area contributed by atoms with E-state index in [-0.39, 0.29) is 0 Å². The first-order valence-electron chi connectivity index (χ1n) is 5.39. The molecule has 0 radical (unpaired) electrons. The van der Waals surface area contributed by atoms with E-state index in [2.05, 4.69) is 19.9 Å². The maximum atomic E-state index is 10.9. The molecule has 13 heavy (non-hydrogen) atoms. The summed E-state index contributed by atoms with van der Waals surface area (Å²) >= 11 is 0. The lowest BCUT2D eigenvalue weighted by Crippen LogP contribution is -2.07. The zero-order valence-corrected chi connectivity index (χ0v) is 8.75. The summed E-state index contributed by atoms with van der Waals surface area (Å²) in [6.07, 6.45) is 9.60. The van der Waals surface area contributed by atoms with E-state index in [4.69, 9.17) is 0 Å². The Morgan fingerprint density at radius 1 is 1.54 bits per heavy atom. The molecule has 1 heteroatoms. The first-order valence-corrected chi connectivity index (χ1v) is 5.39. The first-order chi connectivity index (χ1) is 6.18. The van der Waals surface area contributed by atoms with Crippen molar-refractivity contribution in [2.75, 3.05) is 0 Å². The van der Waals surface area contributed by atoms with Crippen molar-refractivity contribution in [3.63, 3.8) is 0 Å². The molecule has 1 aliphatic carbocycles. The molecule has 0 aromatic carbocycles. The molecular formula is C12H20O. The standard InChI is InChI=1S/C12H20O/c1-10(2)4-3-5-11-6-8-12(13)9-7-11/h6,8,10-11H,3-5,7,9H2,1-2H3. The lowest BCUT2D eigenvalue weighted by atomic mass is 9.90. The van der Waals surface area contributed by atoms with Gasteiger partial charge in [0.25, 0.3) is 0 Å². The molecule has 0 heterocycles. The molecule has 0 saturated carbocycles. The smallest absolute Gasteiger partial charge is 0.155 e. The Kier molecular flexibility index (Phi) is 4.20. The minimum Gasteiger partial charge on any atom is -0.295 e. The molecular weight excluding hydrogens is 160 g/mol. The highest BCUT2D eigenvalue weighted by molar-refractivity contribution is 5.90. The second kappa shape index (κ2) is 5.21. The number of rotatable bonds is 4. The molecule has 0 saturated heterocycles. The van der Waals surface area contributed by atoms with Crippen molar-refractivity contribution in [2.45, 2.75) is 46.0 Å². The Bertz CT molecular complexity index is 191. The van der Waals surface area contributed by atoms with Gasteiger partial charge in [-0.15, -0.1) is 0 Å². The first kappa shape index (κ1) is 10.5. The van der Waals surface area contributed by atoms with E-state index in [1.165, 1.54) is 19.3 Å². The van der Waals surface area contributed by atoms with Crippen LogP contribution in [0.15, 0.2) is 12.2 Å². The third-order valence-corrected chi connectivity index (χ3v) is 2.67. The normalized spacial score (nSPS) is 22.7. The summed E-state index contributed by atoms with van der Waals surface area (Å²) in [7, 11) is 0. The number of ketones is 1. The highest BCUT2D eigenvalue weighted by Crippen LogP contribution is 2.21. The average Bonchev–Trinajstić information content (AvgIpc) is 2.08. The van der Waals surface area contributed by atoms with Crippen molar-refractivity contribution in [3.05, 3.63) is 12.2 Å². The van der Waals surface area contributed by atoms with Gasteiger partial charge in [-0.2, -0.15) is 0 Å². The van der Waals surface area contributed by atoms with Crippen LogP contribution < -0.4 is 0 Å². The summed E-state index contributed by atoms with van der Waals surface area (Å²) in [6.45, 7) is 4.53. The van der Waals surface area contributed by atoms with Gasteiger partial charge < -0.3 is 0 Å². The van der Waals surface area contributed by atoms with Crippen LogP contribution in [0.3, 0.4) is 0 Å². The predicted molar refractivity (Wildman–Crippen MR) is 55.6 cm³/mol. The van der Waals surface area contributed by atoms with E-state index in [9.17, 15) is 4.79 Å². The van der Waals surface area contributed by atoms with E-state index in [0.29, 0.717) is 11.7 Å². The van der Waals surface area contributed by atoms with Crippen molar-refractivity contribution in [3.8, 4) is 0 Å². The molecule has 74 valence electrons. The minimum atomic E-state index is 0.306. The van der Waals surface area contributed by atoms with Crippen molar-refractivity contribution >= 4 is 5.78 Å². The highest BCUT2D eigenvalue weighted by atomic mass is 16.1. The number of hydrogen-bond acceptors (Lipinski definition) is 1. The van der Waals surface area contributed by atoms with Crippen molar-refractivity contribution in [1.29, 1.82) is 0 Å². The van der Waals surface area contributed by atoms with Gasteiger partial charge in [-0.3, -0.25) is 4.79 Å². The van der Waals surface area contributed by atoms with Gasteiger partial charge in [0.15, 0.2) is 5.78 Å². The molecule has 0 aromatic heterocycles. The fraction of sp³-hybridized carbons (Fsp3) is 0.750. The molecule has 0 bridgehead atoms. The monoisotopic (exact) mass is 180 g/mol. The maximum Gasteiger partial charge on any atom is 0.155 e. The van der Waals surface area contributed by atoms with Gasteiger partial charge in [0.05, 0.1) is 0 Å². The lowest BCUT2D eigenvalue weighted by Gasteiger charge is -2.15. The lowest BCUT2D eigenvalue weighted by molar-refractivity contribution is -0.115. The third-order valence-electron chi connectivity index (χ3n) is 2.67. The fourth-order valence-corrected chi connectivity index (χ4v) is 1.78. The summed E-state index contributed by atoms with van der Waals surface area (Å²) < 4.78 is 0. The molecule has 1 rings (SSSR count). The topological polar surface area (TPSA) is 17.1 Å². The molecule has 1 unspecified atom stereocenters. The summed E-state index contributed by atoms with van der Waals surface area (Å²) in [5.74, 6) is 1.80. The second-order valence-electron chi connectivity index (χ2n) is 4.45. The van der Waals surface area contributed by atoms with Gasteiger partial charge >= 0.3 is 0 Å². The molecule has 1 nitrogen and oxygen atoms in total. The molecule has 0 aliphatic heterocycles. The fourth-order valence-electron chi connectivity index (χ4n) is 1.78. The van der Waals surface area contributed by atoms with Crippen LogP contribution in [0.4, 0.5) is 0 Å².